The van der Waals surface area contributed by atoms with E-state index in [0.29, 0.717) is 23.4 Å². The molecule has 1 aromatic carbocycles. The number of aromatic nitrogens is 2. The Morgan fingerprint density at radius 1 is 1.27 bits per heavy atom. The maximum absolute atomic E-state index is 12.9. The second kappa shape index (κ2) is 6.91. The van der Waals surface area contributed by atoms with E-state index in [0.717, 1.165) is 17.0 Å². The SMILES string of the molecule is COc1ccc2c(c1)C(=O)N(C[C@@]1(C#Cc3c(C)nn(C)c3C)NC(=O)NC1=O)C2. The number of urea groups is 1. The third-order valence-corrected chi connectivity index (χ3v) is 5.48. The van der Waals surface area contributed by atoms with E-state index in [-0.39, 0.29) is 12.5 Å². The summed E-state index contributed by atoms with van der Waals surface area (Å²) in [5.41, 5.74) is 2.05. The number of rotatable bonds is 3. The number of amides is 4. The molecule has 2 aliphatic heterocycles. The Balaban J connectivity index is 1.68. The van der Waals surface area contributed by atoms with Gasteiger partial charge in [0.15, 0.2) is 0 Å². The van der Waals surface area contributed by atoms with Gasteiger partial charge in [-0.15, -0.1) is 0 Å². The molecule has 0 aliphatic carbocycles. The molecule has 2 aromatic rings. The highest BCUT2D eigenvalue weighted by Crippen LogP contribution is 2.28. The molecule has 0 saturated carbocycles. The van der Waals surface area contributed by atoms with Crippen molar-refractivity contribution in [1.82, 2.24) is 25.3 Å². The Hall–Kier alpha value is -3.80. The average molecular weight is 407 g/mol. The molecular weight excluding hydrogens is 386 g/mol. The molecule has 0 unspecified atom stereocenters. The molecule has 4 amide bonds. The molecule has 0 radical (unpaired) electrons. The number of hydrogen-bond donors (Lipinski definition) is 2. The van der Waals surface area contributed by atoms with Gasteiger partial charge in [-0.3, -0.25) is 19.6 Å². The Morgan fingerprint density at radius 2 is 2.03 bits per heavy atom. The number of imide groups is 1. The van der Waals surface area contributed by atoms with E-state index in [9.17, 15) is 14.4 Å². The van der Waals surface area contributed by atoms with Crippen LogP contribution in [0.3, 0.4) is 0 Å². The fraction of sp³-hybridized carbons (Fsp3) is 0.333. The standard InChI is InChI=1S/C21H21N5O4/c1-12-16(13(2)25(3)24-12)7-8-21(19(28)22-20(29)23-21)11-26-10-14-5-6-15(30-4)9-17(14)18(26)27/h5-6,9H,10-11H2,1-4H3,(H2,22,23,28,29)/t21-/m1/s1. The normalized spacial score (nSPS) is 19.9. The summed E-state index contributed by atoms with van der Waals surface area (Å²) in [5, 5.41) is 9.17. The van der Waals surface area contributed by atoms with Crippen LogP contribution in [0.25, 0.3) is 0 Å². The first kappa shape index (κ1) is 19.5. The highest BCUT2D eigenvalue weighted by Gasteiger charge is 2.48. The van der Waals surface area contributed by atoms with Gasteiger partial charge in [-0.2, -0.15) is 5.10 Å². The zero-order valence-electron chi connectivity index (χ0n) is 17.1. The molecule has 3 heterocycles. The van der Waals surface area contributed by atoms with Crippen molar-refractivity contribution in [3.8, 4) is 17.6 Å². The third kappa shape index (κ3) is 3.06. The van der Waals surface area contributed by atoms with Crippen LogP contribution >= 0.6 is 0 Å². The summed E-state index contributed by atoms with van der Waals surface area (Å²) in [5.74, 6) is 5.67. The smallest absolute Gasteiger partial charge is 0.323 e. The summed E-state index contributed by atoms with van der Waals surface area (Å²) < 4.78 is 6.90. The molecule has 9 nitrogen and oxygen atoms in total. The van der Waals surface area contributed by atoms with Crippen molar-refractivity contribution in [2.75, 3.05) is 13.7 Å². The Bertz CT molecular complexity index is 1160. The summed E-state index contributed by atoms with van der Waals surface area (Å²) in [6.45, 7) is 3.93. The van der Waals surface area contributed by atoms with Crippen molar-refractivity contribution >= 4 is 17.8 Å². The van der Waals surface area contributed by atoms with Crippen molar-refractivity contribution < 1.29 is 19.1 Å². The van der Waals surface area contributed by atoms with Gasteiger partial charge >= 0.3 is 6.03 Å². The molecular formula is C21H21N5O4. The topological polar surface area (TPSA) is 106 Å². The lowest BCUT2D eigenvalue weighted by molar-refractivity contribution is -0.122. The first-order chi connectivity index (χ1) is 14.2. The lowest BCUT2D eigenvalue weighted by atomic mass is 9.99. The van der Waals surface area contributed by atoms with Crippen LogP contribution in [-0.2, 0) is 18.4 Å². The van der Waals surface area contributed by atoms with Crippen molar-refractivity contribution in [1.29, 1.82) is 0 Å². The number of nitrogens with one attached hydrogen (secondary N) is 2. The van der Waals surface area contributed by atoms with Crippen molar-refractivity contribution in [3.63, 3.8) is 0 Å². The van der Waals surface area contributed by atoms with Gasteiger partial charge in [0.25, 0.3) is 11.8 Å². The summed E-state index contributed by atoms with van der Waals surface area (Å²) in [4.78, 5) is 39.1. The number of carbonyl (C=O) groups is 3. The van der Waals surface area contributed by atoms with Gasteiger partial charge in [0.1, 0.15) is 5.75 Å². The van der Waals surface area contributed by atoms with Crippen molar-refractivity contribution in [2.24, 2.45) is 7.05 Å². The summed E-state index contributed by atoms with van der Waals surface area (Å²) >= 11 is 0. The number of aryl methyl sites for hydroxylation is 2. The number of carbonyl (C=O) groups excluding carboxylic acids is 3. The van der Waals surface area contributed by atoms with E-state index in [1.165, 1.54) is 12.0 Å². The number of hydrogen-bond acceptors (Lipinski definition) is 5. The van der Waals surface area contributed by atoms with Gasteiger partial charge < -0.3 is 15.0 Å². The summed E-state index contributed by atoms with van der Waals surface area (Å²) in [6.07, 6.45) is 0. The lowest BCUT2D eigenvalue weighted by Crippen LogP contribution is -2.54. The lowest BCUT2D eigenvalue weighted by Gasteiger charge is -2.26. The van der Waals surface area contributed by atoms with E-state index in [1.807, 2.05) is 27.0 Å². The van der Waals surface area contributed by atoms with Crippen LogP contribution < -0.4 is 15.4 Å². The molecule has 1 atom stereocenters. The first-order valence-electron chi connectivity index (χ1n) is 9.37. The molecule has 2 aliphatic rings. The molecule has 154 valence electrons. The Kier molecular flexibility index (Phi) is 4.50. The van der Waals surface area contributed by atoms with Crippen LogP contribution in [0.5, 0.6) is 5.75 Å². The van der Waals surface area contributed by atoms with Crippen LogP contribution in [0.2, 0.25) is 0 Å². The zero-order valence-corrected chi connectivity index (χ0v) is 17.1. The minimum atomic E-state index is -1.55. The van der Waals surface area contributed by atoms with Crippen LogP contribution in [-0.4, -0.2) is 51.7 Å². The fourth-order valence-electron chi connectivity index (χ4n) is 3.74. The van der Waals surface area contributed by atoms with E-state index in [2.05, 4.69) is 27.6 Å². The van der Waals surface area contributed by atoms with Gasteiger partial charge in [-0.25, -0.2) is 4.79 Å². The van der Waals surface area contributed by atoms with Crippen LogP contribution in [0.1, 0.15) is 32.9 Å². The monoisotopic (exact) mass is 407 g/mol. The summed E-state index contributed by atoms with van der Waals surface area (Å²) in [6, 6.07) is 4.63. The molecule has 1 aromatic heterocycles. The molecule has 0 bridgehead atoms. The third-order valence-electron chi connectivity index (χ3n) is 5.48. The van der Waals surface area contributed by atoms with Crippen molar-refractivity contribution in [2.45, 2.75) is 25.9 Å². The van der Waals surface area contributed by atoms with Gasteiger partial charge in [0.2, 0.25) is 5.54 Å². The first-order valence-corrected chi connectivity index (χ1v) is 9.37. The Labute approximate surface area is 173 Å². The van der Waals surface area contributed by atoms with E-state index in [4.69, 9.17) is 4.74 Å². The molecule has 0 spiro atoms. The molecule has 9 heteroatoms. The van der Waals surface area contributed by atoms with Crippen LogP contribution in [0, 0.1) is 25.7 Å². The van der Waals surface area contributed by atoms with E-state index in [1.54, 1.807) is 16.8 Å². The number of nitrogens with zero attached hydrogens (tertiary/aromatic N) is 3. The van der Waals surface area contributed by atoms with Crippen molar-refractivity contribution in [3.05, 3.63) is 46.3 Å². The van der Waals surface area contributed by atoms with Crippen LogP contribution in [0.15, 0.2) is 18.2 Å². The fourth-order valence-corrected chi connectivity index (χ4v) is 3.74. The maximum Gasteiger partial charge on any atom is 0.323 e. The van der Waals surface area contributed by atoms with Gasteiger partial charge in [0, 0.05) is 19.2 Å². The number of methoxy groups -OCH3 is 1. The second-order valence-corrected chi connectivity index (χ2v) is 7.42. The number of benzene rings is 1. The zero-order chi connectivity index (χ0) is 21.6. The predicted molar refractivity (Wildman–Crippen MR) is 107 cm³/mol. The van der Waals surface area contributed by atoms with E-state index < -0.39 is 17.5 Å². The Morgan fingerprint density at radius 3 is 2.63 bits per heavy atom. The van der Waals surface area contributed by atoms with Gasteiger partial charge in [0.05, 0.1) is 30.6 Å². The van der Waals surface area contributed by atoms with Crippen LogP contribution in [0.4, 0.5) is 4.79 Å². The number of ether oxygens (including phenoxy) is 1. The minimum Gasteiger partial charge on any atom is -0.497 e. The quantitative estimate of drug-likeness (QED) is 0.574. The van der Waals surface area contributed by atoms with Gasteiger partial charge in [-0.1, -0.05) is 17.9 Å². The highest BCUT2D eigenvalue weighted by molar-refractivity contribution is 6.10. The molecule has 1 fully saturated rings. The number of fused-ring (bicyclic) bond motifs is 1. The van der Waals surface area contributed by atoms with Gasteiger partial charge in [-0.05, 0) is 31.5 Å². The molecule has 30 heavy (non-hydrogen) atoms. The second-order valence-electron chi connectivity index (χ2n) is 7.42. The predicted octanol–water partition coefficient (Wildman–Crippen LogP) is 0.631. The molecule has 2 N–H and O–H groups in total. The summed E-state index contributed by atoms with van der Waals surface area (Å²) in [7, 11) is 3.34. The molecule has 1 saturated heterocycles. The average Bonchev–Trinajstić information content (AvgIpc) is 3.25. The molecule has 4 rings (SSSR count). The van der Waals surface area contributed by atoms with E-state index >= 15 is 0 Å². The largest absolute Gasteiger partial charge is 0.497 e. The minimum absolute atomic E-state index is 0.0776. The maximum atomic E-state index is 12.9. The highest BCUT2D eigenvalue weighted by atomic mass is 16.5.